The second-order valence-corrected chi connectivity index (χ2v) is 7.30. The summed E-state index contributed by atoms with van der Waals surface area (Å²) < 4.78 is 10.1. The molecule has 0 bridgehead atoms. The van der Waals surface area contributed by atoms with Crippen LogP contribution in [0.5, 0.6) is 0 Å². The summed E-state index contributed by atoms with van der Waals surface area (Å²) in [7, 11) is 0. The van der Waals surface area contributed by atoms with Crippen molar-refractivity contribution in [2.45, 2.75) is 19.4 Å². The number of nitrogens with one attached hydrogen (secondary N) is 2. The van der Waals surface area contributed by atoms with Gasteiger partial charge in [0.25, 0.3) is 11.8 Å². The van der Waals surface area contributed by atoms with Crippen molar-refractivity contribution in [3.8, 4) is 0 Å². The summed E-state index contributed by atoms with van der Waals surface area (Å²) in [4.78, 5) is 36.5. The molecule has 0 saturated carbocycles. The second-order valence-electron chi connectivity index (χ2n) is 5.90. The van der Waals surface area contributed by atoms with Gasteiger partial charge in [-0.15, -0.1) is 0 Å². The Morgan fingerprint density at radius 1 is 1.29 bits per heavy atom. The van der Waals surface area contributed by atoms with E-state index in [0.717, 1.165) is 5.56 Å². The predicted octanol–water partition coefficient (Wildman–Crippen LogP) is 3.27. The molecule has 1 aromatic carbocycles. The number of anilines is 1. The number of thioether (sulfide) groups is 1. The van der Waals surface area contributed by atoms with E-state index in [4.69, 9.17) is 20.8 Å². The molecule has 1 heterocycles. The molecule has 2 rings (SSSR count). The number of benzene rings is 1. The van der Waals surface area contributed by atoms with Crippen molar-refractivity contribution in [3.05, 3.63) is 52.9 Å². The molecule has 2 amide bonds. The molecule has 2 N–H and O–H groups in total. The number of hydrogen-bond donors (Lipinski definition) is 2. The maximum absolute atomic E-state index is 12.3. The minimum absolute atomic E-state index is 0.0935. The maximum atomic E-state index is 12.3. The lowest BCUT2D eigenvalue weighted by molar-refractivity contribution is -0.149. The van der Waals surface area contributed by atoms with Crippen LogP contribution in [0.1, 0.15) is 22.5 Å². The predicted molar refractivity (Wildman–Crippen MR) is 109 cm³/mol. The highest BCUT2D eigenvalue weighted by Gasteiger charge is 2.24. The molecule has 2 aromatic rings. The Kier molecular flexibility index (Phi) is 8.41. The Bertz CT molecular complexity index is 826. The van der Waals surface area contributed by atoms with E-state index in [0.29, 0.717) is 22.9 Å². The van der Waals surface area contributed by atoms with Crippen molar-refractivity contribution in [3.63, 3.8) is 0 Å². The maximum Gasteiger partial charge on any atom is 0.329 e. The Morgan fingerprint density at radius 2 is 2.07 bits per heavy atom. The van der Waals surface area contributed by atoms with Gasteiger partial charge in [-0.05, 0) is 55.2 Å². The Labute approximate surface area is 172 Å². The number of carbonyl (C=O) groups is 3. The van der Waals surface area contributed by atoms with Crippen molar-refractivity contribution >= 4 is 46.8 Å². The van der Waals surface area contributed by atoms with E-state index in [9.17, 15) is 14.4 Å². The quantitative estimate of drug-likeness (QED) is 0.599. The fraction of sp³-hybridized carbons (Fsp3) is 0.316. The van der Waals surface area contributed by atoms with Gasteiger partial charge in [0.05, 0.1) is 6.26 Å². The Balaban J connectivity index is 1.89. The Hall–Kier alpha value is -2.45. The zero-order valence-corrected chi connectivity index (χ0v) is 17.1. The van der Waals surface area contributed by atoms with Crippen LogP contribution in [0.15, 0.2) is 41.0 Å². The first-order valence-corrected chi connectivity index (χ1v) is 10.2. The van der Waals surface area contributed by atoms with Gasteiger partial charge in [0.1, 0.15) is 6.04 Å². The van der Waals surface area contributed by atoms with E-state index < -0.39 is 30.4 Å². The van der Waals surface area contributed by atoms with Gasteiger partial charge in [-0.3, -0.25) is 9.59 Å². The molecule has 0 aliphatic heterocycles. The van der Waals surface area contributed by atoms with Crippen molar-refractivity contribution < 1.29 is 23.5 Å². The first kappa shape index (κ1) is 21.8. The van der Waals surface area contributed by atoms with Gasteiger partial charge in [0, 0.05) is 10.7 Å². The molecule has 1 atom stereocenters. The summed E-state index contributed by atoms with van der Waals surface area (Å²) in [5.74, 6) is -0.991. The molecule has 0 unspecified atom stereocenters. The smallest absolute Gasteiger partial charge is 0.329 e. The molecule has 0 aliphatic rings. The molecule has 7 nitrogen and oxygen atoms in total. The second kappa shape index (κ2) is 10.8. The average Bonchev–Trinajstić information content (AvgIpc) is 3.21. The van der Waals surface area contributed by atoms with Gasteiger partial charge in [0.15, 0.2) is 12.4 Å². The van der Waals surface area contributed by atoms with E-state index in [1.165, 1.54) is 24.1 Å². The third-order valence-electron chi connectivity index (χ3n) is 3.75. The number of amides is 2. The van der Waals surface area contributed by atoms with E-state index in [2.05, 4.69) is 10.6 Å². The summed E-state index contributed by atoms with van der Waals surface area (Å²) in [5.41, 5.74) is 1.39. The van der Waals surface area contributed by atoms with Crippen LogP contribution in [-0.4, -0.2) is 42.4 Å². The van der Waals surface area contributed by atoms with Crippen molar-refractivity contribution in [1.82, 2.24) is 5.32 Å². The minimum atomic E-state index is -0.883. The highest BCUT2D eigenvalue weighted by molar-refractivity contribution is 7.98. The highest BCUT2D eigenvalue weighted by atomic mass is 35.5. The lowest BCUT2D eigenvalue weighted by Crippen LogP contribution is -2.43. The van der Waals surface area contributed by atoms with Gasteiger partial charge in [0.2, 0.25) is 0 Å². The van der Waals surface area contributed by atoms with Crippen LogP contribution in [0.4, 0.5) is 5.69 Å². The summed E-state index contributed by atoms with van der Waals surface area (Å²) in [6.07, 6.45) is 3.62. The number of ether oxygens (including phenoxy) is 1. The summed E-state index contributed by atoms with van der Waals surface area (Å²) in [5, 5.41) is 5.70. The fourth-order valence-corrected chi connectivity index (χ4v) is 2.88. The summed E-state index contributed by atoms with van der Waals surface area (Å²) in [6.45, 7) is 1.37. The van der Waals surface area contributed by atoms with Crippen molar-refractivity contribution in [2.75, 3.05) is 23.9 Å². The van der Waals surface area contributed by atoms with Gasteiger partial charge in [-0.25, -0.2) is 4.79 Å². The normalized spacial score (nSPS) is 11.5. The van der Waals surface area contributed by atoms with Gasteiger partial charge in [-0.2, -0.15) is 11.8 Å². The van der Waals surface area contributed by atoms with E-state index in [1.54, 1.807) is 24.3 Å². The lowest BCUT2D eigenvalue weighted by atomic mass is 10.2. The standard InChI is InChI=1S/C19H21ClN2O5S/c1-12-5-6-13(10-14(12)20)21-17(23)11-27-19(25)15(7-9-28-2)22-18(24)16-4-3-8-26-16/h3-6,8,10,15H,7,9,11H2,1-2H3,(H,21,23)(H,22,24)/t15-/m0/s1. The monoisotopic (exact) mass is 424 g/mol. The average molecular weight is 425 g/mol. The number of aryl methyl sites for hydroxylation is 1. The number of carbonyl (C=O) groups excluding carboxylic acids is 3. The number of rotatable bonds is 9. The zero-order valence-electron chi connectivity index (χ0n) is 15.5. The van der Waals surface area contributed by atoms with E-state index in [-0.39, 0.29) is 5.76 Å². The van der Waals surface area contributed by atoms with Gasteiger partial charge < -0.3 is 19.8 Å². The van der Waals surface area contributed by atoms with E-state index in [1.807, 2.05) is 13.2 Å². The van der Waals surface area contributed by atoms with Crippen LogP contribution in [0.3, 0.4) is 0 Å². The summed E-state index contributed by atoms with van der Waals surface area (Å²) in [6, 6.07) is 7.27. The number of furan rings is 1. The molecule has 1 aromatic heterocycles. The van der Waals surface area contributed by atoms with Crippen LogP contribution < -0.4 is 10.6 Å². The molecule has 28 heavy (non-hydrogen) atoms. The van der Waals surface area contributed by atoms with Gasteiger partial charge >= 0.3 is 5.97 Å². The van der Waals surface area contributed by atoms with Gasteiger partial charge in [-0.1, -0.05) is 17.7 Å². The molecule has 0 spiro atoms. The fourth-order valence-electron chi connectivity index (χ4n) is 2.23. The third kappa shape index (κ3) is 6.61. The van der Waals surface area contributed by atoms with Crippen LogP contribution in [-0.2, 0) is 14.3 Å². The molecular formula is C19H21ClN2O5S. The Morgan fingerprint density at radius 3 is 2.71 bits per heavy atom. The first-order chi connectivity index (χ1) is 13.4. The third-order valence-corrected chi connectivity index (χ3v) is 4.80. The van der Waals surface area contributed by atoms with Crippen molar-refractivity contribution in [1.29, 1.82) is 0 Å². The molecule has 0 fully saturated rings. The zero-order chi connectivity index (χ0) is 20.5. The summed E-state index contributed by atoms with van der Waals surface area (Å²) >= 11 is 7.55. The molecule has 0 aliphatic carbocycles. The molecular weight excluding hydrogens is 404 g/mol. The van der Waals surface area contributed by atoms with Crippen LogP contribution in [0.2, 0.25) is 5.02 Å². The van der Waals surface area contributed by atoms with Crippen LogP contribution in [0, 0.1) is 6.92 Å². The van der Waals surface area contributed by atoms with Crippen molar-refractivity contribution in [2.24, 2.45) is 0 Å². The molecule has 0 radical (unpaired) electrons. The van der Waals surface area contributed by atoms with E-state index >= 15 is 0 Å². The van der Waals surface area contributed by atoms with Crippen LogP contribution >= 0.6 is 23.4 Å². The number of halogens is 1. The SMILES string of the molecule is CSCC[C@H](NC(=O)c1ccco1)C(=O)OCC(=O)Nc1ccc(C)c(Cl)c1. The number of hydrogen-bond acceptors (Lipinski definition) is 6. The van der Waals surface area contributed by atoms with Crippen LogP contribution in [0.25, 0.3) is 0 Å². The molecule has 9 heteroatoms. The lowest BCUT2D eigenvalue weighted by Gasteiger charge is -2.16. The topological polar surface area (TPSA) is 97.6 Å². The molecule has 0 saturated heterocycles. The highest BCUT2D eigenvalue weighted by Crippen LogP contribution is 2.19. The molecule has 150 valence electrons. The first-order valence-electron chi connectivity index (χ1n) is 8.46. The minimum Gasteiger partial charge on any atom is -0.459 e. The number of esters is 1. The largest absolute Gasteiger partial charge is 0.459 e.